The van der Waals surface area contributed by atoms with E-state index >= 15 is 0 Å². The molecule has 1 heterocycles. The van der Waals surface area contributed by atoms with Crippen molar-refractivity contribution in [3.05, 3.63) is 28.2 Å². The highest BCUT2D eigenvalue weighted by Gasteiger charge is 2.28. The number of carbonyl (C=O) groups is 1. The van der Waals surface area contributed by atoms with Crippen molar-refractivity contribution in [3.8, 4) is 0 Å². The Kier molecular flexibility index (Phi) is 4.70. The number of nitrogens with one attached hydrogen (secondary N) is 1. The Labute approximate surface area is 120 Å². The van der Waals surface area contributed by atoms with Gasteiger partial charge >= 0.3 is 0 Å². The highest BCUT2D eigenvalue weighted by Crippen LogP contribution is 2.40. The zero-order valence-electron chi connectivity index (χ0n) is 10.4. The fourth-order valence-electron chi connectivity index (χ4n) is 2.08. The topological polar surface area (TPSA) is 38.3 Å². The predicted molar refractivity (Wildman–Crippen MR) is 76.8 cm³/mol. The van der Waals surface area contributed by atoms with Crippen molar-refractivity contribution in [2.75, 3.05) is 19.5 Å². The van der Waals surface area contributed by atoms with Gasteiger partial charge in [0.15, 0.2) is 0 Å². The lowest BCUT2D eigenvalue weighted by atomic mass is 9.95. The van der Waals surface area contributed by atoms with Crippen molar-refractivity contribution in [2.45, 2.75) is 17.9 Å². The van der Waals surface area contributed by atoms with Crippen LogP contribution in [0.1, 0.15) is 18.5 Å². The number of rotatable bonds is 3. The summed E-state index contributed by atoms with van der Waals surface area (Å²) in [7, 11) is 1.53. The molecule has 2 rings (SSSR count). The third-order valence-corrected chi connectivity index (χ3v) is 4.84. The molecule has 98 valence electrons. The van der Waals surface area contributed by atoms with Gasteiger partial charge in [0.25, 0.3) is 0 Å². The Bertz CT molecular complexity index is 453. The number of methoxy groups -OCH3 is 1. The molecule has 1 aromatic rings. The summed E-state index contributed by atoms with van der Waals surface area (Å²) in [4.78, 5) is 12.9. The highest BCUT2D eigenvalue weighted by molar-refractivity contribution is 9.10. The summed E-state index contributed by atoms with van der Waals surface area (Å²) in [5, 5.41) is 3.05. The fraction of sp³-hybridized carbons (Fsp3) is 0.462. The molecule has 0 spiro atoms. The van der Waals surface area contributed by atoms with E-state index in [0.717, 1.165) is 10.2 Å². The van der Waals surface area contributed by atoms with Gasteiger partial charge in [-0.05, 0) is 29.7 Å². The average Bonchev–Trinajstić information content (AvgIpc) is 2.33. The summed E-state index contributed by atoms with van der Waals surface area (Å²) < 4.78 is 5.91. The van der Waals surface area contributed by atoms with Crippen LogP contribution in [0.2, 0.25) is 0 Å². The van der Waals surface area contributed by atoms with Crippen molar-refractivity contribution >= 4 is 33.6 Å². The molecule has 0 saturated carbocycles. The van der Waals surface area contributed by atoms with E-state index in [0.29, 0.717) is 5.92 Å². The quantitative estimate of drug-likeness (QED) is 0.926. The van der Waals surface area contributed by atoms with Gasteiger partial charge in [0.1, 0.15) is 6.61 Å². The first-order valence-electron chi connectivity index (χ1n) is 5.82. The Balaban J connectivity index is 2.24. The summed E-state index contributed by atoms with van der Waals surface area (Å²) in [6, 6.07) is 6.30. The number of hydrogen-bond acceptors (Lipinski definition) is 3. The van der Waals surface area contributed by atoms with Gasteiger partial charge in [0.2, 0.25) is 5.91 Å². The molecule has 18 heavy (non-hydrogen) atoms. The van der Waals surface area contributed by atoms with E-state index in [1.807, 2.05) is 17.8 Å². The van der Waals surface area contributed by atoms with E-state index in [1.165, 1.54) is 17.6 Å². The van der Waals surface area contributed by atoms with Gasteiger partial charge in [-0.15, -0.1) is 11.8 Å². The van der Waals surface area contributed by atoms with Crippen LogP contribution in [0.5, 0.6) is 0 Å². The standard InChI is InChI=1S/C13H16BrNO2S/c1-8-7-18-11-4-3-9(14)5-10(11)13(8)15-12(16)6-17-2/h3-5,8,13H,6-7H2,1-2H3,(H,15,16)/t8-,13+/m1/s1. The monoisotopic (exact) mass is 329 g/mol. The van der Waals surface area contributed by atoms with Crippen molar-refractivity contribution in [3.63, 3.8) is 0 Å². The van der Waals surface area contributed by atoms with Gasteiger partial charge in [-0.2, -0.15) is 0 Å². The number of halogens is 1. The molecule has 1 N–H and O–H groups in total. The van der Waals surface area contributed by atoms with Crippen LogP contribution in [0.4, 0.5) is 0 Å². The van der Waals surface area contributed by atoms with Crippen molar-refractivity contribution in [1.29, 1.82) is 0 Å². The first-order valence-corrected chi connectivity index (χ1v) is 7.60. The number of amides is 1. The Hall–Kier alpha value is -0.520. The summed E-state index contributed by atoms with van der Waals surface area (Å²) in [5.74, 6) is 1.37. The molecule has 0 unspecified atom stereocenters. The molecule has 0 aliphatic carbocycles. The van der Waals surface area contributed by atoms with Crippen LogP contribution in [-0.4, -0.2) is 25.4 Å². The zero-order chi connectivity index (χ0) is 13.1. The van der Waals surface area contributed by atoms with Crippen LogP contribution in [0.25, 0.3) is 0 Å². The molecule has 0 fully saturated rings. The minimum absolute atomic E-state index is 0.0628. The van der Waals surface area contributed by atoms with Gasteiger partial charge in [0, 0.05) is 22.2 Å². The number of carbonyl (C=O) groups excluding carboxylic acids is 1. The Morgan fingerprint density at radius 2 is 2.39 bits per heavy atom. The third-order valence-electron chi connectivity index (χ3n) is 2.97. The summed E-state index contributed by atoms with van der Waals surface area (Å²) in [6.07, 6.45) is 0. The normalized spacial score (nSPS) is 22.4. The smallest absolute Gasteiger partial charge is 0.246 e. The molecule has 0 aromatic heterocycles. The van der Waals surface area contributed by atoms with Crippen LogP contribution in [0.3, 0.4) is 0 Å². The molecule has 1 aliphatic heterocycles. The SMILES string of the molecule is COCC(=O)N[C@@H]1c2cc(Br)ccc2SC[C@H]1C. The first kappa shape index (κ1) is 13.9. The maximum atomic E-state index is 11.7. The molecule has 3 nitrogen and oxygen atoms in total. The number of ether oxygens (including phenoxy) is 1. The lowest BCUT2D eigenvalue weighted by Gasteiger charge is -2.31. The summed E-state index contributed by atoms with van der Waals surface area (Å²) in [5.41, 5.74) is 1.19. The molecular weight excluding hydrogens is 314 g/mol. The molecule has 2 atom stereocenters. The highest BCUT2D eigenvalue weighted by atomic mass is 79.9. The summed E-state index contributed by atoms with van der Waals surface area (Å²) >= 11 is 5.33. The van der Waals surface area contributed by atoms with Crippen LogP contribution < -0.4 is 5.32 Å². The number of benzene rings is 1. The van der Waals surface area contributed by atoms with Crippen molar-refractivity contribution in [1.82, 2.24) is 5.32 Å². The molecule has 5 heteroatoms. The fourth-order valence-corrected chi connectivity index (χ4v) is 3.61. The second-order valence-electron chi connectivity index (χ2n) is 4.45. The minimum Gasteiger partial charge on any atom is -0.375 e. The van der Waals surface area contributed by atoms with Crippen LogP contribution in [0, 0.1) is 5.92 Å². The van der Waals surface area contributed by atoms with Gasteiger partial charge in [-0.25, -0.2) is 0 Å². The third kappa shape index (κ3) is 3.08. The van der Waals surface area contributed by atoms with E-state index in [9.17, 15) is 4.79 Å². The molecule has 1 aromatic carbocycles. The van der Waals surface area contributed by atoms with Crippen molar-refractivity contribution in [2.24, 2.45) is 5.92 Å². The first-order chi connectivity index (χ1) is 8.61. The molecule has 0 bridgehead atoms. The number of thioether (sulfide) groups is 1. The largest absolute Gasteiger partial charge is 0.375 e. The van der Waals surface area contributed by atoms with E-state index < -0.39 is 0 Å². The van der Waals surface area contributed by atoms with E-state index in [1.54, 1.807) is 0 Å². The number of fused-ring (bicyclic) bond motifs is 1. The average molecular weight is 330 g/mol. The van der Waals surface area contributed by atoms with Gasteiger partial charge in [0.05, 0.1) is 6.04 Å². The van der Waals surface area contributed by atoms with Gasteiger partial charge < -0.3 is 10.1 Å². The molecule has 1 amide bonds. The van der Waals surface area contributed by atoms with Crippen LogP contribution in [0.15, 0.2) is 27.6 Å². The van der Waals surface area contributed by atoms with Crippen LogP contribution in [-0.2, 0) is 9.53 Å². The Morgan fingerprint density at radius 3 is 3.11 bits per heavy atom. The lowest BCUT2D eigenvalue weighted by Crippen LogP contribution is -2.37. The second-order valence-corrected chi connectivity index (χ2v) is 6.43. The Morgan fingerprint density at radius 1 is 1.61 bits per heavy atom. The summed E-state index contributed by atoms with van der Waals surface area (Å²) in [6.45, 7) is 2.27. The van der Waals surface area contributed by atoms with E-state index in [2.05, 4.69) is 40.3 Å². The predicted octanol–water partition coefficient (Wildman–Crippen LogP) is 2.99. The zero-order valence-corrected chi connectivity index (χ0v) is 12.8. The molecule has 0 saturated heterocycles. The molecule has 0 radical (unpaired) electrons. The maximum absolute atomic E-state index is 11.7. The van der Waals surface area contributed by atoms with Gasteiger partial charge in [-0.3, -0.25) is 4.79 Å². The van der Waals surface area contributed by atoms with Gasteiger partial charge in [-0.1, -0.05) is 22.9 Å². The molecular formula is C13H16BrNO2S. The van der Waals surface area contributed by atoms with E-state index in [-0.39, 0.29) is 18.6 Å². The second kappa shape index (κ2) is 6.08. The van der Waals surface area contributed by atoms with Crippen molar-refractivity contribution < 1.29 is 9.53 Å². The molecule has 1 aliphatic rings. The maximum Gasteiger partial charge on any atom is 0.246 e. The van der Waals surface area contributed by atoms with E-state index in [4.69, 9.17) is 4.74 Å². The lowest BCUT2D eigenvalue weighted by molar-refractivity contribution is -0.125. The van der Waals surface area contributed by atoms with Crippen LogP contribution >= 0.6 is 27.7 Å². The number of hydrogen-bond donors (Lipinski definition) is 1. The minimum atomic E-state index is -0.0628.